The van der Waals surface area contributed by atoms with Crippen LogP contribution >= 0.6 is 11.6 Å². The summed E-state index contributed by atoms with van der Waals surface area (Å²) in [5, 5.41) is 2.74. The van der Waals surface area contributed by atoms with Crippen molar-refractivity contribution in [3.63, 3.8) is 0 Å². The number of carbonyl (C=O) groups is 3. The third-order valence-corrected chi connectivity index (χ3v) is 3.65. The van der Waals surface area contributed by atoms with Crippen LogP contribution in [0, 0.1) is 5.82 Å². The van der Waals surface area contributed by atoms with E-state index in [0.29, 0.717) is 11.4 Å². The van der Waals surface area contributed by atoms with E-state index in [1.807, 2.05) is 0 Å². The Morgan fingerprint density at radius 1 is 1.24 bits per heavy atom. The number of hydrogen-bond donors (Lipinski definition) is 1. The van der Waals surface area contributed by atoms with E-state index >= 15 is 0 Å². The molecule has 1 aliphatic rings. The third-order valence-electron chi connectivity index (χ3n) is 3.42. The first-order valence-electron chi connectivity index (χ1n) is 7.16. The zero-order chi connectivity index (χ0) is 18.0. The smallest absolute Gasteiger partial charge is 0.341 e. The van der Waals surface area contributed by atoms with E-state index in [1.54, 1.807) is 0 Å². The van der Waals surface area contributed by atoms with Gasteiger partial charge in [0.05, 0.1) is 11.3 Å². The summed E-state index contributed by atoms with van der Waals surface area (Å²) in [4.78, 5) is 35.3. The van der Waals surface area contributed by atoms with Crippen LogP contribution < -0.4 is 10.1 Å². The van der Waals surface area contributed by atoms with Crippen molar-refractivity contribution in [3.05, 3.63) is 58.4 Å². The van der Waals surface area contributed by atoms with Crippen LogP contribution in [-0.2, 0) is 9.53 Å². The number of Topliss-reactive ketones (excluding diaryl/α,β-unsaturated/α-hetero) is 1. The van der Waals surface area contributed by atoms with Gasteiger partial charge in [-0.05, 0) is 36.4 Å². The number of ketones is 1. The zero-order valence-corrected chi connectivity index (χ0v) is 13.4. The SMILES string of the molecule is O=C1COc2ccc(C(=O)COC(=O)c3cc(Cl)ccc3F)cc2N1. The van der Waals surface area contributed by atoms with Gasteiger partial charge >= 0.3 is 5.97 Å². The van der Waals surface area contributed by atoms with Crippen LogP contribution in [0.4, 0.5) is 10.1 Å². The van der Waals surface area contributed by atoms with Crippen LogP contribution in [0.1, 0.15) is 20.7 Å². The number of carbonyl (C=O) groups excluding carboxylic acids is 3. The van der Waals surface area contributed by atoms with Crippen molar-refractivity contribution >= 4 is 34.9 Å². The molecule has 3 rings (SSSR count). The molecular weight excluding hydrogens is 353 g/mol. The second-order valence-electron chi connectivity index (χ2n) is 5.17. The molecule has 1 heterocycles. The van der Waals surface area contributed by atoms with Crippen LogP contribution in [0.2, 0.25) is 5.02 Å². The molecule has 0 unspecified atom stereocenters. The van der Waals surface area contributed by atoms with Gasteiger partial charge in [0.2, 0.25) is 0 Å². The monoisotopic (exact) mass is 363 g/mol. The lowest BCUT2D eigenvalue weighted by molar-refractivity contribution is -0.118. The number of ether oxygens (including phenoxy) is 2. The number of benzene rings is 2. The molecule has 6 nitrogen and oxygen atoms in total. The highest BCUT2D eigenvalue weighted by molar-refractivity contribution is 6.30. The van der Waals surface area contributed by atoms with Gasteiger partial charge in [0, 0.05) is 10.6 Å². The molecule has 0 aromatic heterocycles. The Labute approximate surface area is 146 Å². The molecule has 25 heavy (non-hydrogen) atoms. The molecule has 2 aromatic carbocycles. The first kappa shape index (κ1) is 16.9. The molecular formula is C17H11ClFNO5. The molecule has 0 aliphatic carbocycles. The fourth-order valence-corrected chi connectivity index (χ4v) is 2.37. The minimum absolute atomic E-state index is 0.0941. The van der Waals surface area contributed by atoms with E-state index in [1.165, 1.54) is 24.3 Å². The first-order chi connectivity index (χ1) is 11.9. The fourth-order valence-electron chi connectivity index (χ4n) is 2.20. The summed E-state index contributed by atoms with van der Waals surface area (Å²) in [5.41, 5.74) is 0.213. The van der Waals surface area contributed by atoms with Crippen LogP contribution in [0.25, 0.3) is 0 Å². The van der Waals surface area contributed by atoms with E-state index in [9.17, 15) is 18.8 Å². The van der Waals surface area contributed by atoms with Gasteiger partial charge in [0.15, 0.2) is 19.0 Å². The van der Waals surface area contributed by atoms with Crippen molar-refractivity contribution in [2.24, 2.45) is 0 Å². The van der Waals surface area contributed by atoms with Crippen LogP contribution in [0.15, 0.2) is 36.4 Å². The highest BCUT2D eigenvalue weighted by atomic mass is 35.5. The summed E-state index contributed by atoms with van der Waals surface area (Å²) in [6, 6.07) is 7.88. The molecule has 128 valence electrons. The molecule has 1 N–H and O–H groups in total. The van der Waals surface area contributed by atoms with Gasteiger partial charge < -0.3 is 14.8 Å². The highest BCUT2D eigenvalue weighted by Gasteiger charge is 2.19. The lowest BCUT2D eigenvalue weighted by Crippen LogP contribution is -2.25. The summed E-state index contributed by atoms with van der Waals surface area (Å²) >= 11 is 5.71. The summed E-state index contributed by atoms with van der Waals surface area (Å²) in [7, 11) is 0. The predicted molar refractivity (Wildman–Crippen MR) is 86.6 cm³/mol. The lowest BCUT2D eigenvalue weighted by atomic mass is 10.1. The summed E-state index contributed by atoms with van der Waals surface area (Å²) in [5.74, 6) is -2.20. The van der Waals surface area contributed by atoms with E-state index in [2.05, 4.69) is 5.32 Å². The maximum atomic E-state index is 13.6. The number of fused-ring (bicyclic) bond motifs is 1. The number of hydrogen-bond acceptors (Lipinski definition) is 5. The van der Waals surface area contributed by atoms with Crippen molar-refractivity contribution in [3.8, 4) is 5.75 Å². The minimum atomic E-state index is -0.997. The van der Waals surface area contributed by atoms with Crippen LogP contribution in [-0.4, -0.2) is 30.9 Å². The number of anilines is 1. The van der Waals surface area contributed by atoms with E-state index < -0.39 is 24.2 Å². The average molecular weight is 364 g/mol. The van der Waals surface area contributed by atoms with Gasteiger partial charge in [0.25, 0.3) is 5.91 Å². The molecule has 0 saturated carbocycles. The number of halogens is 2. The molecule has 1 amide bonds. The Balaban J connectivity index is 1.68. The van der Waals surface area contributed by atoms with Crippen LogP contribution in [0.3, 0.4) is 0 Å². The van der Waals surface area contributed by atoms with E-state index in [0.717, 1.165) is 12.1 Å². The van der Waals surface area contributed by atoms with Gasteiger partial charge in [-0.25, -0.2) is 9.18 Å². The van der Waals surface area contributed by atoms with Gasteiger partial charge in [-0.3, -0.25) is 9.59 Å². The van der Waals surface area contributed by atoms with Gasteiger partial charge in [-0.2, -0.15) is 0 Å². The lowest BCUT2D eigenvalue weighted by Gasteiger charge is -2.18. The molecule has 0 fully saturated rings. The Hall–Kier alpha value is -2.93. The largest absolute Gasteiger partial charge is 0.482 e. The normalized spacial score (nSPS) is 12.6. The maximum absolute atomic E-state index is 13.6. The number of esters is 1. The Morgan fingerprint density at radius 3 is 2.84 bits per heavy atom. The molecule has 0 bridgehead atoms. The van der Waals surface area contributed by atoms with Crippen molar-refractivity contribution in [1.82, 2.24) is 0 Å². The summed E-state index contributed by atoms with van der Waals surface area (Å²) in [6.45, 7) is -0.679. The number of rotatable bonds is 4. The van der Waals surface area contributed by atoms with Crippen molar-refractivity contribution in [2.75, 3.05) is 18.5 Å². The van der Waals surface area contributed by atoms with Crippen LogP contribution in [0.5, 0.6) is 5.75 Å². The van der Waals surface area contributed by atoms with Crippen molar-refractivity contribution in [2.45, 2.75) is 0 Å². The number of amides is 1. The van der Waals surface area contributed by atoms with E-state index in [-0.39, 0.29) is 28.7 Å². The summed E-state index contributed by atoms with van der Waals surface area (Å²) in [6.07, 6.45) is 0. The maximum Gasteiger partial charge on any atom is 0.341 e. The molecule has 8 heteroatoms. The molecule has 0 saturated heterocycles. The molecule has 0 spiro atoms. The van der Waals surface area contributed by atoms with Crippen molar-refractivity contribution < 1.29 is 28.2 Å². The second-order valence-corrected chi connectivity index (χ2v) is 5.61. The third kappa shape index (κ3) is 3.77. The highest BCUT2D eigenvalue weighted by Crippen LogP contribution is 2.28. The van der Waals surface area contributed by atoms with E-state index in [4.69, 9.17) is 21.1 Å². The molecule has 2 aromatic rings. The zero-order valence-electron chi connectivity index (χ0n) is 12.7. The standard InChI is InChI=1S/C17H11ClFNO5/c18-10-2-3-12(19)11(6-10)17(23)25-7-14(21)9-1-4-15-13(5-9)20-16(22)8-24-15/h1-6H,7-8H2,(H,20,22). The number of nitrogens with one attached hydrogen (secondary N) is 1. The molecule has 0 radical (unpaired) electrons. The van der Waals surface area contributed by atoms with Crippen molar-refractivity contribution in [1.29, 1.82) is 0 Å². The Kier molecular flexibility index (Phi) is 4.67. The topological polar surface area (TPSA) is 81.7 Å². The minimum Gasteiger partial charge on any atom is -0.482 e. The van der Waals surface area contributed by atoms with Gasteiger partial charge in [-0.15, -0.1) is 0 Å². The Bertz CT molecular complexity index is 883. The summed E-state index contributed by atoms with van der Waals surface area (Å²) < 4.78 is 23.6. The first-order valence-corrected chi connectivity index (χ1v) is 7.54. The predicted octanol–water partition coefficient (Wildman–Crippen LogP) is 2.85. The second kappa shape index (κ2) is 6.90. The Morgan fingerprint density at radius 2 is 2.04 bits per heavy atom. The fraction of sp³-hybridized carbons (Fsp3) is 0.118. The average Bonchev–Trinajstić information content (AvgIpc) is 2.60. The quantitative estimate of drug-likeness (QED) is 0.667. The van der Waals surface area contributed by atoms with Gasteiger partial charge in [0.1, 0.15) is 11.6 Å². The van der Waals surface area contributed by atoms with Gasteiger partial charge in [-0.1, -0.05) is 11.6 Å². The molecule has 0 atom stereocenters. The molecule has 1 aliphatic heterocycles.